The summed E-state index contributed by atoms with van der Waals surface area (Å²) in [5.74, 6) is -1.40. The number of carbonyl (C=O) groups excluding carboxylic acids is 2. The number of benzene rings is 1. The molecular formula is C18H22ClNO3. The average Bonchev–Trinajstić information content (AvgIpc) is 2.62. The fourth-order valence-electron chi connectivity index (χ4n) is 2.58. The Bertz CT molecular complexity index is 559. The molecule has 2 atom stereocenters. The molecule has 2 rings (SSSR count). The third-order valence-electron chi connectivity index (χ3n) is 3.78. The van der Waals surface area contributed by atoms with E-state index >= 15 is 0 Å². The first-order valence-electron chi connectivity index (χ1n) is 7.93. The van der Waals surface area contributed by atoms with E-state index in [1.807, 2.05) is 36.4 Å². The van der Waals surface area contributed by atoms with E-state index in [-0.39, 0.29) is 12.5 Å². The average molecular weight is 336 g/mol. The minimum absolute atomic E-state index is 0.222. The SMILES string of the molecule is CCOC(=O)[C@H]1/C=C/CCCN(Cc2ccccc2)C(=O)[C@H]1Cl. The van der Waals surface area contributed by atoms with Crippen LogP contribution in [0.1, 0.15) is 25.3 Å². The maximum Gasteiger partial charge on any atom is 0.314 e. The van der Waals surface area contributed by atoms with Gasteiger partial charge in [-0.25, -0.2) is 0 Å². The van der Waals surface area contributed by atoms with Crippen LogP contribution in [0.2, 0.25) is 0 Å². The van der Waals surface area contributed by atoms with Gasteiger partial charge in [0, 0.05) is 13.1 Å². The van der Waals surface area contributed by atoms with Crippen LogP contribution >= 0.6 is 11.6 Å². The highest BCUT2D eigenvalue weighted by Crippen LogP contribution is 2.21. The van der Waals surface area contributed by atoms with Gasteiger partial charge in [0.15, 0.2) is 0 Å². The Morgan fingerprint density at radius 2 is 2.09 bits per heavy atom. The van der Waals surface area contributed by atoms with Crippen molar-refractivity contribution in [2.75, 3.05) is 13.2 Å². The third-order valence-corrected chi connectivity index (χ3v) is 4.24. The highest BCUT2D eigenvalue weighted by Gasteiger charge is 2.34. The Hall–Kier alpha value is -1.81. The summed E-state index contributed by atoms with van der Waals surface area (Å²) >= 11 is 6.33. The molecule has 0 aliphatic carbocycles. The first-order valence-corrected chi connectivity index (χ1v) is 8.37. The molecule has 0 radical (unpaired) electrons. The van der Waals surface area contributed by atoms with E-state index in [1.54, 1.807) is 17.9 Å². The van der Waals surface area contributed by atoms with Crippen molar-refractivity contribution >= 4 is 23.5 Å². The molecule has 0 fully saturated rings. The summed E-state index contributed by atoms with van der Waals surface area (Å²) in [6, 6.07) is 9.78. The molecular weight excluding hydrogens is 314 g/mol. The van der Waals surface area contributed by atoms with Gasteiger partial charge >= 0.3 is 5.97 Å². The number of nitrogens with zero attached hydrogens (tertiary/aromatic N) is 1. The van der Waals surface area contributed by atoms with Crippen LogP contribution in [-0.4, -0.2) is 35.3 Å². The van der Waals surface area contributed by atoms with Gasteiger partial charge in [0.2, 0.25) is 5.91 Å². The summed E-state index contributed by atoms with van der Waals surface area (Å²) in [6.45, 7) is 3.13. The molecule has 124 valence electrons. The lowest BCUT2D eigenvalue weighted by molar-refractivity contribution is -0.149. The van der Waals surface area contributed by atoms with Gasteiger partial charge in [0.1, 0.15) is 11.3 Å². The van der Waals surface area contributed by atoms with E-state index in [2.05, 4.69) is 0 Å². The van der Waals surface area contributed by atoms with Crippen molar-refractivity contribution in [2.24, 2.45) is 5.92 Å². The summed E-state index contributed by atoms with van der Waals surface area (Å²) in [7, 11) is 0. The van der Waals surface area contributed by atoms with E-state index < -0.39 is 17.3 Å². The molecule has 1 aromatic rings. The lowest BCUT2D eigenvalue weighted by Crippen LogP contribution is -2.41. The third kappa shape index (κ3) is 4.83. The zero-order chi connectivity index (χ0) is 16.7. The number of rotatable bonds is 4. The first kappa shape index (κ1) is 17.5. The number of hydrogen-bond acceptors (Lipinski definition) is 3. The number of ether oxygens (including phenoxy) is 1. The van der Waals surface area contributed by atoms with Crippen molar-refractivity contribution in [2.45, 2.75) is 31.7 Å². The lowest BCUT2D eigenvalue weighted by atomic mass is 10.0. The summed E-state index contributed by atoms with van der Waals surface area (Å²) in [4.78, 5) is 26.5. The van der Waals surface area contributed by atoms with Gasteiger partial charge in [-0.2, -0.15) is 0 Å². The smallest absolute Gasteiger partial charge is 0.314 e. The van der Waals surface area contributed by atoms with Crippen LogP contribution in [-0.2, 0) is 20.9 Å². The second-order valence-corrected chi connectivity index (χ2v) is 5.97. The van der Waals surface area contributed by atoms with Gasteiger partial charge in [0.05, 0.1) is 6.61 Å². The van der Waals surface area contributed by atoms with Crippen LogP contribution in [0.5, 0.6) is 0 Å². The van der Waals surface area contributed by atoms with E-state index in [4.69, 9.17) is 16.3 Å². The van der Waals surface area contributed by atoms with E-state index in [0.29, 0.717) is 13.1 Å². The molecule has 0 saturated heterocycles. The van der Waals surface area contributed by atoms with Crippen LogP contribution < -0.4 is 0 Å². The minimum atomic E-state index is -0.938. The molecule has 1 aromatic carbocycles. The summed E-state index contributed by atoms with van der Waals surface area (Å²) in [6.07, 6.45) is 5.27. The highest BCUT2D eigenvalue weighted by molar-refractivity contribution is 6.32. The number of carbonyl (C=O) groups is 2. The maximum atomic E-state index is 12.7. The lowest BCUT2D eigenvalue weighted by Gasteiger charge is -2.26. The molecule has 23 heavy (non-hydrogen) atoms. The molecule has 0 aromatic heterocycles. The van der Waals surface area contributed by atoms with Crippen molar-refractivity contribution in [3.05, 3.63) is 48.0 Å². The first-order chi connectivity index (χ1) is 11.1. The number of allylic oxidation sites excluding steroid dienone is 1. The molecule has 1 aliphatic heterocycles. The molecule has 5 heteroatoms. The Labute approximate surface area is 142 Å². The van der Waals surface area contributed by atoms with Gasteiger partial charge in [-0.1, -0.05) is 42.5 Å². The van der Waals surface area contributed by atoms with Crippen LogP contribution in [0.25, 0.3) is 0 Å². The fourth-order valence-corrected chi connectivity index (χ4v) is 2.90. The quantitative estimate of drug-likeness (QED) is 0.482. The molecule has 1 amide bonds. The number of amides is 1. The Morgan fingerprint density at radius 1 is 1.35 bits per heavy atom. The summed E-state index contributed by atoms with van der Waals surface area (Å²) in [5.41, 5.74) is 1.05. The molecule has 4 nitrogen and oxygen atoms in total. The number of esters is 1. The van der Waals surface area contributed by atoms with Crippen molar-refractivity contribution in [1.82, 2.24) is 4.90 Å². The number of halogens is 1. The second-order valence-electron chi connectivity index (χ2n) is 5.50. The molecule has 0 bridgehead atoms. The van der Waals surface area contributed by atoms with Crippen molar-refractivity contribution in [3.8, 4) is 0 Å². The zero-order valence-corrected chi connectivity index (χ0v) is 14.0. The van der Waals surface area contributed by atoms with Crippen LogP contribution in [0.15, 0.2) is 42.5 Å². The van der Waals surface area contributed by atoms with Crippen molar-refractivity contribution < 1.29 is 14.3 Å². The topological polar surface area (TPSA) is 46.6 Å². The van der Waals surface area contributed by atoms with Gasteiger partial charge in [-0.15, -0.1) is 11.6 Å². The van der Waals surface area contributed by atoms with Gasteiger partial charge in [0.25, 0.3) is 0 Å². The highest BCUT2D eigenvalue weighted by atomic mass is 35.5. The monoisotopic (exact) mass is 335 g/mol. The van der Waals surface area contributed by atoms with Crippen molar-refractivity contribution in [3.63, 3.8) is 0 Å². The van der Waals surface area contributed by atoms with E-state index in [0.717, 1.165) is 18.4 Å². The Kier molecular flexibility index (Phi) is 6.66. The summed E-state index contributed by atoms with van der Waals surface area (Å²) < 4.78 is 5.05. The number of hydrogen-bond donors (Lipinski definition) is 0. The maximum absolute atomic E-state index is 12.7. The molecule has 0 N–H and O–H groups in total. The molecule has 0 saturated carbocycles. The van der Waals surface area contributed by atoms with E-state index in [1.165, 1.54) is 0 Å². The van der Waals surface area contributed by atoms with Crippen LogP contribution in [0.4, 0.5) is 0 Å². The standard InChI is InChI=1S/C18H22ClNO3/c1-2-23-18(22)15-11-7-4-8-12-20(17(21)16(15)19)13-14-9-5-3-6-10-14/h3,5-7,9-11,15-16H,2,4,8,12-13H2,1H3/b11-7+/t15-,16-/m0/s1. The minimum Gasteiger partial charge on any atom is -0.465 e. The van der Waals surface area contributed by atoms with Crippen LogP contribution in [0.3, 0.4) is 0 Å². The zero-order valence-electron chi connectivity index (χ0n) is 13.3. The van der Waals surface area contributed by atoms with E-state index in [9.17, 15) is 9.59 Å². The normalized spacial score (nSPS) is 23.6. The van der Waals surface area contributed by atoms with Crippen LogP contribution in [0, 0.1) is 5.92 Å². The largest absolute Gasteiger partial charge is 0.465 e. The Morgan fingerprint density at radius 3 is 2.78 bits per heavy atom. The number of alkyl halides is 1. The molecule has 1 aliphatic rings. The fraction of sp³-hybridized carbons (Fsp3) is 0.444. The van der Waals surface area contributed by atoms with Gasteiger partial charge in [-0.05, 0) is 25.3 Å². The van der Waals surface area contributed by atoms with Gasteiger partial charge < -0.3 is 9.64 Å². The molecule has 1 heterocycles. The van der Waals surface area contributed by atoms with Gasteiger partial charge in [-0.3, -0.25) is 9.59 Å². The molecule has 0 spiro atoms. The molecule has 0 unspecified atom stereocenters. The summed E-state index contributed by atoms with van der Waals surface area (Å²) in [5, 5.41) is -0.938. The second kappa shape index (κ2) is 8.73. The predicted molar refractivity (Wildman–Crippen MR) is 90.0 cm³/mol. The Balaban J connectivity index is 2.16. The predicted octanol–water partition coefficient (Wildman–Crippen LogP) is 3.15. The van der Waals surface area contributed by atoms with Crippen molar-refractivity contribution in [1.29, 1.82) is 0 Å².